The Kier molecular flexibility index (Phi) is 5.06. The standard InChI is InChI=1S/C26H29N3O2/c1-3-28(4-2)26(31)19-12-22-21-9-6-10-23-25(21)18(14-27-23)13-24(22)29(16-19)15-17-7-5-8-20(30)11-17/h5-12,14,19,24,27,30H,3-4,13,15-16H2,1-2H3/t19-,24-/m1/s1. The van der Waals surface area contributed by atoms with Gasteiger partial charge in [0.05, 0.1) is 5.92 Å². The first-order valence-electron chi connectivity index (χ1n) is 11.2. The van der Waals surface area contributed by atoms with E-state index in [1.807, 2.05) is 36.9 Å². The summed E-state index contributed by atoms with van der Waals surface area (Å²) in [4.78, 5) is 21.1. The number of hydrogen-bond acceptors (Lipinski definition) is 3. The van der Waals surface area contributed by atoms with Gasteiger partial charge in [-0.1, -0.05) is 30.3 Å². The Morgan fingerprint density at radius 2 is 2.00 bits per heavy atom. The number of amides is 1. The monoisotopic (exact) mass is 415 g/mol. The molecule has 0 radical (unpaired) electrons. The van der Waals surface area contributed by atoms with Crippen LogP contribution in [0.15, 0.2) is 54.7 Å². The highest BCUT2D eigenvalue weighted by Gasteiger charge is 2.38. The third-order valence-corrected chi connectivity index (χ3v) is 6.81. The molecule has 1 aliphatic heterocycles. The van der Waals surface area contributed by atoms with Crippen molar-refractivity contribution in [3.05, 3.63) is 71.4 Å². The van der Waals surface area contributed by atoms with Crippen LogP contribution in [0, 0.1) is 5.92 Å². The van der Waals surface area contributed by atoms with Crippen molar-refractivity contribution in [3.8, 4) is 5.75 Å². The zero-order chi connectivity index (χ0) is 21.5. The summed E-state index contributed by atoms with van der Waals surface area (Å²) < 4.78 is 0. The highest BCUT2D eigenvalue weighted by Crippen LogP contribution is 2.42. The van der Waals surface area contributed by atoms with Crippen LogP contribution in [0.4, 0.5) is 0 Å². The number of nitrogens with zero attached hydrogens (tertiary/aromatic N) is 2. The van der Waals surface area contributed by atoms with E-state index in [1.165, 1.54) is 22.1 Å². The first-order chi connectivity index (χ1) is 15.1. The molecule has 0 fully saturated rings. The smallest absolute Gasteiger partial charge is 0.230 e. The number of aromatic nitrogens is 1. The third-order valence-electron chi connectivity index (χ3n) is 6.81. The third kappa shape index (κ3) is 3.43. The molecule has 160 valence electrons. The minimum Gasteiger partial charge on any atom is -0.508 e. The number of phenols is 1. The normalized spacial score (nSPS) is 20.4. The molecular weight excluding hydrogens is 386 g/mol. The zero-order valence-corrected chi connectivity index (χ0v) is 18.1. The van der Waals surface area contributed by atoms with Gasteiger partial charge >= 0.3 is 0 Å². The van der Waals surface area contributed by atoms with Crippen LogP contribution in [0.25, 0.3) is 16.5 Å². The number of H-pyrrole nitrogens is 1. The number of carbonyl (C=O) groups is 1. The molecule has 0 unspecified atom stereocenters. The van der Waals surface area contributed by atoms with Crippen LogP contribution >= 0.6 is 0 Å². The second-order valence-electron chi connectivity index (χ2n) is 8.60. The molecule has 2 aromatic carbocycles. The quantitative estimate of drug-likeness (QED) is 0.657. The van der Waals surface area contributed by atoms with Crippen LogP contribution in [0.2, 0.25) is 0 Å². The maximum atomic E-state index is 13.3. The van der Waals surface area contributed by atoms with Crippen LogP contribution in [-0.4, -0.2) is 51.5 Å². The van der Waals surface area contributed by atoms with Crippen LogP contribution < -0.4 is 0 Å². The largest absolute Gasteiger partial charge is 0.508 e. The zero-order valence-electron chi connectivity index (χ0n) is 18.1. The average Bonchev–Trinajstić information content (AvgIpc) is 3.19. The number of aromatic hydroxyl groups is 1. The molecule has 2 N–H and O–H groups in total. The lowest BCUT2D eigenvalue weighted by atomic mass is 9.79. The Hall–Kier alpha value is -3.05. The van der Waals surface area contributed by atoms with Gasteiger partial charge < -0.3 is 15.0 Å². The van der Waals surface area contributed by atoms with E-state index in [4.69, 9.17) is 0 Å². The van der Waals surface area contributed by atoms with Crippen molar-refractivity contribution in [2.24, 2.45) is 5.92 Å². The van der Waals surface area contributed by atoms with Crippen molar-refractivity contribution >= 4 is 22.4 Å². The summed E-state index contributed by atoms with van der Waals surface area (Å²) in [5.41, 5.74) is 6.05. The molecule has 31 heavy (non-hydrogen) atoms. The lowest BCUT2D eigenvalue weighted by molar-refractivity contribution is -0.134. The molecule has 1 amide bonds. The molecule has 2 aliphatic rings. The maximum absolute atomic E-state index is 13.3. The van der Waals surface area contributed by atoms with E-state index in [1.54, 1.807) is 6.07 Å². The van der Waals surface area contributed by atoms with Gasteiger partial charge in [0.15, 0.2) is 0 Å². The van der Waals surface area contributed by atoms with E-state index in [0.717, 1.165) is 30.6 Å². The number of aromatic amines is 1. The molecule has 5 heteroatoms. The van der Waals surface area contributed by atoms with Gasteiger partial charge in [-0.3, -0.25) is 9.69 Å². The fourth-order valence-electron chi connectivity index (χ4n) is 5.31. The average molecular weight is 416 g/mol. The van der Waals surface area contributed by atoms with Gasteiger partial charge in [-0.2, -0.15) is 0 Å². The van der Waals surface area contributed by atoms with Gasteiger partial charge in [0.25, 0.3) is 0 Å². The Bertz CT molecular complexity index is 1160. The van der Waals surface area contributed by atoms with Gasteiger partial charge in [-0.05, 0) is 60.7 Å². The van der Waals surface area contributed by atoms with Crippen LogP contribution in [-0.2, 0) is 17.8 Å². The molecule has 0 saturated carbocycles. The summed E-state index contributed by atoms with van der Waals surface area (Å²) in [5, 5.41) is 11.3. The predicted molar refractivity (Wildman–Crippen MR) is 124 cm³/mol. The molecule has 2 heterocycles. The second kappa shape index (κ2) is 7.89. The molecule has 2 atom stereocenters. The second-order valence-corrected chi connectivity index (χ2v) is 8.60. The lowest BCUT2D eigenvalue weighted by Crippen LogP contribution is -2.48. The molecule has 0 bridgehead atoms. The lowest BCUT2D eigenvalue weighted by Gasteiger charge is -2.42. The predicted octanol–water partition coefficient (Wildman–Crippen LogP) is 4.18. The first-order valence-corrected chi connectivity index (χ1v) is 11.2. The topological polar surface area (TPSA) is 59.6 Å². The Morgan fingerprint density at radius 1 is 1.19 bits per heavy atom. The van der Waals surface area contributed by atoms with Crippen molar-refractivity contribution in [1.29, 1.82) is 0 Å². The van der Waals surface area contributed by atoms with E-state index in [-0.39, 0.29) is 23.6 Å². The van der Waals surface area contributed by atoms with E-state index in [9.17, 15) is 9.90 Å². The summed E-state index contributed by atoms with van der Waals surface area (Å²) in [6.45, 7) is 6.92. The fourth-order valence-corrected chi connectivity index (χ4v) is 5.31. The molecule has 1 aromatic heterocycles. The van der Waals surface area contributed by atoms with Crippen molar-refractivity contribution in [1.82, 2.24) is 14.8 Å². The van der Waals surface area contributed by atoms with Gasteiger partial charge in [-0.15, -0.1) is 0 Å². The van der Waals surface area contributed by atoms with Gasteiger partial charge in [0.1, 0.15) is 5.75 Å². The van der Waals surface area contributed by atoms with Crippen LogP contribution in [0.1, 0.15) is 30.5 Å². The number of hydrogen-bond donors (Lipinski definition) is 2. The minimum atomic E-state index is -0.167. The Labute approximate surface area is 183 Å². The number of carbonyl (C=O) groups excluding carboxylic acids is 1. The van der Waals surface area contributed by atoms with Crippen LogP contribution in [0.3, 0.4) is 0 Å². The fraction of sp³-hybridized carbons (Fsp3) is 0.346. The Balaban J connectivity index is 1.58. The number of benzene rings is 2. The highest BCUT2D eigenvalue weighted by atomic mass is 16.3. The van der Waals surface area contributed by atoms with Crippen molar-refractivity contribution in [2.75, 3.05) is 19.6 Å². The molecular formula is C26H29N3O2. The SMILES string of the molecule is CCN(CC)C(=O)[C@@H]1C=C2c3cccc4[nH]cc(c34)C[C@H]2N(Cc2cccc(O)c2)C1. The molecule has 3 aromatic rings. The summed E-state index contributed by atoms with van der Waals surface area (Å²) in [7, 11) is 0. The van der Waals surface area contributed by atoms with E-state index < -0.39 is 0 Å². The molecule has 1 aliphatic carbocycles. The first kappa shape index (κ1) is 19.9. The highest BCUT2D eigenvalue weighted by molar-refractivity contribution is 5.99. The summed E-state index contributed by atoms with van der Waals surface area (Å²) in [5.74, 6) is 0.311. The molecule has 5 rings (SSSR count). The minimum absolute atomic E-state index is 0.167. The van der Waals surface area contributed by atoms with Gasteiger partial charge in [0.2, 0.25) is 5.91 Å². The number of rotatable bonds is 5. The van der Waals surface area contributed by atoms with E-state index in [0.29, 0.717) is 13.1 Å². The van der Waals surface area contributed by atoms with E-state index >= 15 is 0 Å². The molecule has 0 saturated heterocycles. The number of nitrogens with one attached hydrogen (secondary N) is 1. The van der Waals surface area contributed by atoms with Crippen molar-refractivity contribution in [3.63, 3.8) is 0 Å². The summed E-state index contributed by atoms with van der Waals surface area (Å²) in [6.07, 6.45) is 5.29. The summed E-state index contributed by atoms with van der Waals surface area (Å²) >= 11 is 0. The molecule has 0 spiro atoms. The maximum Gasteiger partial charge on any atom is 0.230 e. The number of phenolic OH excluding ortho intramolecular Hbond substituents is 1. The summed E-state index contributed by atoms with van der Waals surface area (Å²) in [6, 6.07) is 14.1. The van der Waals surface area contributed by atoms with Gasteiger partial charge in [0, 0.05) is 49.3 Å². The van der Waals surface area contributed by atoms with E-state index in [2.05, 4.69) is 40.4 Å². The van der Waals surface area contributed by atoms with Crippen LogP contribution in [0.5, 0.6) is 5.75 Å². The van der Waals surface area contributed by atoms with Crippen molar-refractivity contribution in [2.45, 2.75) is 32.9 Å². The van der Waals surface area contributed by atoms with Crippen molar-refractivity contribution < 1.29 is 9.90 Å². The van der Waals surface area contributed by atoms with Gasteiger partial charge in [-0.25, -0.2) is 0 Å². The Morgan fingerprint density at radius 3 is 2.77 bits per heavy atom. The molecule has 5 nitrogen and oxygen atoms in total. The number of fused-ring (bicyclic) bond motifs is 2.